The van der Waals surface area contributed by atoms with Crippen molar-refractivity contribution >= 4 is 5.78 Å². The first-order chi connectivity index (χ1) is 7.76. The van der Waals surface area contributed by atoms with Crippen LogP contribution in [0.3, 0.4) is 0 Å². The van der Waals surface area contributed by atoms with E-state index in [-0.39, 0.29) is 0 Å². The summed E-state index contributed by atoms with van der Waals surface area (Å²) in [6.45, 7) is 8.04. The Kier molecular flexibility index (Phi) is 10.5. The quantitative estimate of drug-likeness (QED) is 0.360. The maximum absolute atomic E-state index is 11.9. The van der Waals surface area contributed by atoms with Crippen molar-refractivity contribution in [1.82, 2.24) is 0 Å². The summed E-state index contributed by atoms with van der Waals surface area (Å²) in [7, 11) is 0. The highest BCUT2D eigenvalue weighted by atomic mass is 16.1. The minimum absolute atomic E-state index is 0.342. The van der Waals surface area contributed by atoms with Crippen molar-refractivity contribution in [3.8, 4) is 0 Å². The molecule has 0 aromatic rings. The Morgan fingerprint density at radius 3 is 2.25 bits per heavy atom. The van der Waals surface area contributed by atoms with Crippen LogP contribution in [0.25, 0.3) is 0 Å². The fourth-order valence-electron chi connectivity index (χ4n) is 2.13. The molecule has 0 spiro atoms. The van der Waals surface area contributed by atoms with Crippen molar-refractivity contribution in [1.29, 1.82) is 0 Å². The summed E-state index contributed by atoms with van der Waals surface area (Å²) in [6.07, 6.45) is 11.7. The van der Waals surface area contributed by atoms with Crippen molar-refractivity contribution in [2.24, 2.45) is 5.92 Å². The Morgan fingerprint density at radius 1 is 1.12 bits per heavy atom. The second kappa shape index (κ2) is 10.9. The Morgan fingerprint density at radius 2 is 1.75 bits per heavy atom. The molecule has 0 atom stereocenters. The number of hydrogen-bond donors (Lipinski definition) is 0. The third kappa shape index (κ3) is 7.67. The second-order valence-electron chi connectivity index (χ2n) is 4.63. The predicted octanol–water partition coefficient (Wildman–Crippen LogP) is 4.91. The molecule has 0 saturated carbocycles. The number of rotatable bonds is 11. The molecule has 0 aliphatic heterocycles. The maximum Gasteiger partial charge on any atom is 0.135 e. The van der Waals surface area contributed by atoms with Crippen LogP contribution in [0.1, 0.15) is 71.6 Å². The van der Waals surface area contributed by atoms with Gasteiger partial charge in [0.05, 0.1) is 0 Å². The van der Waals surface area contributed by atoms with E-state index in [1.807, 2.05) is 6.08 Å². The van der Waals surface area contributed by atoms with Crippen LogP contribution in [0.15, 0.2) is 12.7 Å². The molecule has 0 bridgehead atoms. The van der Waals surface area contributed by atoms with Gasteiger partial charge in [-0.2, -0.15) is 0 Å². The first-order valence-electron chi connectivity index (χ1n) is 6.89. The van der Waals surface area contributed by atoms with E-state index in [1.54, 1.807) is 0 Å². The van der Waals surface area contributed by atoms with Crippen molar-refractivity contribution < 1.29 is 4.79 Å². The van der Waals surface area contributed by atoms with E-state index in [9.17, 15) is 4.79 Å². The van der Waals surface area contributed by atoms with E-state index in [0.29, 0.717) is 11.7 Å². The Bertz CT molecular complexity index is 178. The topological polar surface area (TPSA) is 17.1 Å². The highest BCUT2D eigenvalue weighted by Crippen LogP contribution is 2.18. The van der Waals surface area contributed by atoms with Crippen molar-refractivity contribution in [3.05, 3.63) is 12.7 Å². The van der Waals surface area contributed by atoms with Gasteiger partial charge in [-0.25, -0.2) is 0 Å². The van der Waals surface area contributed by atoms with Gasteiger partial charge >= 0.3 is 0 Å². The molecule has 0 aromatic heterocycles. The molecule has 0 aliphatic rings. The molecule has 0 fully saturated rings. The average molecular weight is 224 g/mol. The van der Waals surface area contributed by atoms with Crippen molar-refractivity contribution in [2.45, 2.75) is 71.6 Å². The minimum Gasteiger partial charge on any atom is -0.299 e. The smallest absolute Gasteiger partial charge is 0.135 e. The third-order valence-corrected chi connectivity index (χ3v) is 3.06. The van der Waals surface area contributed by atoms with E-state index in [2.05, 4.69) is 20.4 Å². The summed E-state index contributed by atoms with van der Waals surface area (Å²) >= 11 is 0. The predicted molar refractivity (Wildman–Crippen MR) is 71.6 cm³/mol. The zero-order valence-electron chi connectivity index (χ0n) is 11.1. The van der Waals surface area contributed by atoms with Crippen LogP contribution in [-0.2, 0) is 4.79 Å². The van der Waals surface area contributed by atoms with Crippen LogP contribution in [0.4, 0.5) is 0 Å². The van der Waals surface area contributed by atoms with Crippen LogP contribution >= 0.6 is 0 Å². The van der Waals surface area contributed by atoms with Gasteiger partial charge in [0.2, 0.25) is 0 Å². The Hall–Kier alpha value is -0.590. The van der Waals surface area contributed by atoms with Crippen LogP contribution in [0.5, 0.6) is 0 Å². The molecule has 0 heterocycles. The number of ketones is 1. The van der Waals surface area contributed by atoms with Gasteiger partial charge < -0.3 is 0 Å². The normalized spacial score (nSPS) is 10.7. The first kappa shape index (κ1) is 15.4. The third-order valence-electron chi connectivity index (χ3n) is 3.06. The van der Waals surface area contributed by atoms with Crippen LogP contribution < -0.4 is 0 Å². The zero-order valence-corrected chi connectivity index (χ0v) is 11.1. The van der Waals surface area contributed by atoms with Crippen LogP contribution in [0, 0.1) is 5.92 Å². The lowest BCUT2D eigenvalue weighted by Crippen LogP contribution is -2.14. The number of carbonyl (C=O) groups excluding carboxylic acids is 1. The highest BCUT2D eigenvalue weighted by Gasteiger charge is 2.15. The van der Waals surface area contributed by atoms with E-state index in [0.717, 1.165) is 44.9 Å². The van der Waals surface area contributed by atoms with Gasteiger partial charge in [-0.1, -0.05) is 39.2 Å². The van der Waals surface area contributed by atoms with Crippen LogP contribution in [0.2, 0.25) is 0 Å². The van der Waals surface area contributed by atoms with Crippen LogP contribution in [-0.4, -0.2) is 5.78 Å². The molecule has 0 radical (unpaired) electrons. The molecule has 1 nitrogen and oxygen atoms in total. The number of hydrogen-bond acceptors (Lipinski definition) is 1. The lowest BCUT2D eigenvalue weighted by Gasteiger charge is -2.13. The largest absolute Gasteiger partial charge is 0.299 e. The molecule has 0 amide bonds. The Labute approximate surface area is 101 Å². The summed E-state index contributed by atoms with van der Waals surface area (Å²) < 4.78 is 0. The molecule has 1 heteroatoms. The molecule has 0 saturated heterocycles. The lowest BCUT2D eigenvalue weighted by atomic mass is 9.91. The number of allylic oxidation sites excluding steroid dienone is 1. The molecular formula is C15H28O. The number of carbonyl (C=O) groups is 1. The monoisotopic (exact) mass is 224 g/mol. The summed E-state index contributed by atoms with van der Waals surface area (Å²) in [5.41, 5.74) is 0. The van der Waals surface area contributed by atoms with E-state index in [4.69, 9.17) is 0 Å². The number of unbranched alkanes of at least 4 members (excludes halogenated alkanes) is 3. The zero-order chi connectivity index (χ0) is 12.2. The van der Waals surface area contributed by atoms with Crippen molar-refractivity contribution in [3.63, 3.8) is 0 Å². The summed E-state index contributed by atoms with van der Waals surface area (Å²) in [4.78, 5) is 11.9. The van der Waals surface area contributed by atoms with Gasteiger partial charge in [0, 0.05) is 12.3 Å². The standard InChI is InChI=1S/C15H28O/c1-4-7-8-9-10-13-15(16)14(11-5-2)12-6-3/h4,14H,1,5-13H2,2-3H3. The highest BCUT2D eigenvalue weighted by molar-refractivity contribution is 5.80. The minimum atomic E-state index is 0.342. The maximum atomic E-state index is 11.9. The van der Waals surface area contributed by atoms with Gasteiger partial charge in [0.15, 0.2) is 0 Å². The molecule has 0 N–H and O–H groups in total. The fourth-order valence-corrected chi connectivity index (χ4v) is 2.13. The van der Waals surface area contributed by atoms with Gasteiger partial charge in [0.25, 0.3) is 0 Å². The molecular weight excluding hydrogens is 196 g/mol. The Balaban J connectivity index is 3.68. The fraction of sp³-hybridized carbons (Fsp3) is 0.800. The molecule has 16 heavy (non-hydrogen) atoms. The second-order valence-corrected chi connectivity index (χ2v) is 4.63. The van der Waals surface area contributed by atoms with Gasteiger partial charge in [0.1, 0.15) is 5.78 Å². The molecule has 0 rings (SSSR count). The van der Waals surface area contributed by atoms with Gasteiger partial charge in [-0.3, -0.25) is 4.79 Å². The summed E-state index contributed by atoms with van der Waals surface area (Å²) in [5, 5.41) is 0. The number of Topliss-reactive ketones (excluding diaryl/α,β-unsaturated/α-hetero) is 1. The van der Waals surface area contributed by atoms with Gasteiger partial charge in [-0.15, -0.1) is 6.58 Å². The SMILES string of the molecule is C=CCCCCCC(=O)C(CCC)CCC. The summed E-state index contributed by atoms with van der Waals surface area (Å²) in [5.74, 6) is 0.844. The van der Waals surface area contributed by atoms with E-state index < -0.39 is 0 Å². The lowest BCUT2D eigenvalue weighted by molar-refractivity contribution is -0.123. The van der Waals surface area contributed by atoms with E-state index >= 15 is 0 Å². The van der Waals surface area contributed by atoms with Crippen molar-refractivity contribution in [2.75, 3.05) is 0 Å². The molecule has 94 valence electrons. The van der Waals surface area contributed by atoms with Gasteiger partial charge in [-0.05, 0) is 32.1 Å². The molecule has 0 aromatic carbocycles. The average Bonchev–Trinajstić information content (AvgIpc) is 2.28. The molecule has 0 aliphatic carbocycles. The first-order valence-corrected chi connectivity index (χ1v) is 6.89. The van der Waals surface area contributed by atoms with E-state index in [1.165, 1.54) is 12.8 Å². The molecule has 0 unspecified atom stereocenters. The summed E-state index contributed by atoms with van der Waals surface area (Å²) in [6, 6.07) is 0.